The van der Waals surface area contributed by atoms with Gasteiger partial charge in [0, 0.05) is 19.7 Å². The van der Waals surface area contributed by atoms with Crippen molar-refractivity contribution >= 4 is 0 Å². The molecule has 0 radical (unpaired) electrons. The standard InChI is InChI=1S/C6H10F2N4/c1-12-3-4(10-11-12)2-5(9)6(7)8/h3,5-6H,2,9H2,1H3. The van der Waals surface area contributed by atoms with E-state index in [1.807, 2.05) is 0 Å². The summed E-state index contributed by atoms with van der Waals surface area (Å²) >= 11 is 0. The molecule has 0 saturated carbocycles. The van der Waals surface area contributed by atoms with E-state index in [4.69, 9.17) is 5.73 Å². The van der Waals surface area contributed by atoms with Crippen LogP contribution in [0.5, 0.6) is 0 Å². The van der Waals surface area contributed by atoms with Gasteiger partial charge in [-0.25, -0.2) is 8.78 Å². The highest BCUT2D eigenvalue weighted by Crippen LogP contribution is 2.04. The lowest BCUT2D eigenvalue weighted by Gasteiger charge is -2.06. The Hall–Kier alpha value is -1.04. The van der Waals surface area contributed by atoms with Crippen LogP contribution in [0.25, 0.3) is 0 Å². The highest BCUT2D eigenvalue weighted by Gasteiger charge is 2.16. The zero-order chi connectivity index (χ0) is 9.14. The van der Waals surface area contributed by atoms with Crippen LogP contribution in [0, 0.1) is 0 Å². The van der Waals surface area contributed by atoms with Crippen LogP contribution in [0.3, 0.4) is 0 Å². The van der Waals surface area contributed by atoms with E-state index in [1.54, 1.807) is 13.2 Å². The molecule has 6 heteroatoms. The molecule has 1 rings (SSSR count). The van der Waals surface area contributed by atoms with E-state index in [-0.39, 0.29) is 6.42 Å². The molecular weight excluding hydrogens is 166 g/mol. The summed E-state index contributed by atoms with van der Waals surface area (Å²) in [5.74, 6) is 0. The Bertz CT molecular complexity index is 247. The lowest BCUT2D eigenvalue weighted by atomic mass is 10.2. The zero-order valence-corrected chi connectivity index (χ0v) is 6.61. The molecule has 0 bridgehead atoms. The zero-order valence-electron chi connectivity index (χ0n) is 6.61. The van der Waals surface area contributed by atoms with Crippen LogP contribution >= 0.6 is 0 Å². The summed E-state index contributed by atoms with van der Waals surface area (Å²) in [4.78, 5) is 0. The van der Waals surface area contributed by atoms with Crippen molar-refractivity contribution in [3.8, 4) is 0 Å². The highest BCUT2D eigenvalue weighted by molar-refractivity contribution is 4.95. The first-order valence-corrected chi connectivity index (χ1v) is 3.48. The third-order valence-corrected chi connectivity index (χ3v) is 1.42. The third kappa shape index (κ3) is 2.23. The fourth-order valence-electron chi connectivity index (χ4n) is 0.819. The molecule has 12 heavy (non-hydrogen) atoms. The lowest BCUT2D eigenvalue weighted by molar-refractivity contribution is 0.115. The second-order valence-electron chi connectivity index (χ2n) is 2.59. The summed E-state index contributed by atoms with van der Waals surface area (Å²) in [6, 6.07) is -1.15. The second-order valence-corrected chi connectivity index (χ2v) is 2.59. The van der Waals surface area contributed by atoms with Crippen molar-refractivity contribution in [2.75, 3.05) is 0 Å². The van der Waals surface area contributed by atoms with Crippen LogP contribution in [0.4, 0.5) is 8.78 Å². The number of alkyl halides is 2. The molecular formula is C6H10F2N4. The number of aryl methyl sites for hydroxylation is 1. The summed E-state index contributed by atoms with van der Waals surface area (Å²) < 4.78 is 25.3. The summed E-state index contributed by atoms with van der Waals surface area (Å²) in [6.45, 7) is 0. The van der Waals surface area contributed by atoms with Crippen LogP contribution in [0.1, 0.15) is 5.69 Å². The molecule has 1 unspecified atom stereocenters. The van der Waals surface area contributed by atoms with Gasteiger partial charge in [0.25, 0.3) is 6.43 Å². The summed E-state index contributed by atoms with van der Waals surface area (Å²) in [5, 5.41) is 7.23. The number of hydrogen-bond donors (Lipinski definition) is 1. The maximum atomic E-state index is 11.9. The molecule has 1 atom stereocenters. The van der Waals surface area contributed by atoms with Crippen molar-refractivity contribution in [1.82, 2.24) is 15.0 Å². The molecule has 0 fully saturated rings. The number of nitrogens with two attached hydrogens (primary N) is 1. The monoisotopic (exact) mass is 176 g/mol. The Kier molecular flexibility index (Phi) is 2.69. The molecule has 1 aromatic rings. The van der Waals surface area contributed by atoms with Gasteiger partial charge >= 0.3 is 0 Å². The van der Waals surface area contributed by atoms with Crippen molar-refractivity contribution in [3.63, 3.8) is 0 Å². The van der Waals surface area contributed by atoms with Crippen LogP contribution in [0.2, 0.25) is 0 Å². The largest absolute Gasteiger partial charge is 0.323 e. The Morgan fingerprint density at radius 2 is 2.33 bits per heavy atom. The average molecular weight is 176 g/mol. The lowest BCUT2D eigenvalue weighted by Crippen LogP contribution is -2.31. The van der Waals surface area contributed by atoms with Gasteiger partial charge in [-0.05, 0) is 0 Å². The Balaban J connectivity index is 2.52. The summed E-state index contributed by atoms with van der Waals surface area (Å²) in [6.07, 6.45) is -0.875. The van der Waals surface area contributed by atoms with Crippen molar-refractivity contribution in [2.45, 2.75) is 18.9 Å². The van der Waals surface area contributed by atoms with Crippen LogP contribution in [-0.4, -0.2) is 27.5 Å². The maximum absolute atomic E-state index is 11.9. The molecule has 0 aliphatic carbocycles. The molecule has 0 aliphatic rings. The predicted molar refractivity (Wildman–Crippen MR) is 38.7 cm³/mol. The predicted octanol–water partition coefficient (Wildman–Crippen LogP) is -0.0500. The number of rotatable bonds is 3. The minimum absolute atomic E-state index is 0.0610. The first kappa shape index (κ1) is 9.05. The van der Waals surface area contributed by atoms with Gasteiger partial charge in [-0.2, -0.15) is 0 Å². The van der Waals surface area contributed by atoms with Gasteiger partial charge in [-0.3, -0.25) is 4.68 Å². The number of nitrogens with zero attached hydrogens (tertiary/aromatic N) is 3. The fourth-order valence-corrected chi connectivity index (χ4v) is 0.819. The summed E-state index contributed by atoms with van der Waals surface area (Å²) in [5.41, 5.74) is 5.62. The van der Waals surface area contributed by atoms with E-state index in [0.717, 1.165) is 0 Å². The normalized spacial score (nSPS) is 13.8. The van der Waals surface area contributed by atoms with Gasteiger partial charge in [-0.15, -0.1) is 5.10 Å². The van der Waals surface area contributed by atoms with Gasteiger partial charge in [0.1, 0.15) is 0 Å². The van der Waals surface area contributed by atoms with Gasteiger partial charge in [0.2, 0.25) is 0 Å². The first-order valence-electron chi connectivity index (χ1n) is 3.48. The van der Waals surface area contributed by atoms with Crippen molar-refractivity contribution < 1.29 is 8.78 Å². The van der Waals surface area contributed by atoms with Crippen molar-refractivity contribution in [1.29, 1.82) is 0 Å². The Morgan fingerprint density at radius 3 is 2.75 bits per heavy atom. The topological polar surface area (TPSA) is 56.7 Å². The Morgan fingerprint density at radius 1 is 1.67 bits per heavy atom. The Labute approximate surface area is 68.4 Å². The highest BCUT2D eigenvalue weighted by atomic mass is 19.3. The SMILES string of the molecule is Cn1cc(CC(N)C(F)F)nn1. The number of aromatic nitrogens is 3. The molecule has 0 aromatic carbocycles. The molecule has 68 valence electrons. The van der Waals surface area contributed by atoms with Crippen molar-refractivity contribution in [3.05, 3.63) is 11.9 Å². The van der Waals surface area contributed by atoms with E-state index in [0.29, 0.717) is 5.69 Å². The molecule has 0 saturated heterocycles. The van der Waals surface area contributed by atoms with E-state index < -0.39 is 12.5 Å². The molecule has 0 spiro atoms. The van der Waals surface area contributed by atoms with Crippen molar-refractivity contribution in [2.24, 2.45) is 12.8 Å². The number of hydrogen-bond acceptors (Lipinski definition) is 3. The van der Waals surface area contributed by atoms with Gasteiger partial charge < -0.3 is 5.73 Å². The van der Waals surface area contributed by atoms with E-state index >= 15 is 0 Å². The number of halogens is 2. The van der Waals surface area contributed by atoms with Crippen LogP contribution in [0.15, 0.2) is 6.20 Å². The molecule has 2 N–H and O–H groups in total. The minimum Gasteiger partial charge on any atom is -0.323 e. The van der Waals surface area contributed by atoms with Gasteiger partial charge in [0.15, 0.2) is 0 Å². The first-order chi connectivity index (χ1) is 5.59. The van der Waals surface area contributed by atoms with E-state index in [9.17, 15) is 8.78 Å². The molecule has 0 aliphatic heterocycles. The molecule has 1 aromatic heterocycles. The molecule has 1 heterocycles. The fraction of sp³-hybridized carbons (Fsp3) is 0.667. The maximum Gasteiger partial charge on any atom is 0.253 e. The molecule has 0 amide bonds. The van der Waals surface area contributed by atoms with Crippen LogP contribution in [-0.2, 0) is 13.5 Å². The minimum atomic E-state index is -2.51. The van der Waals surface area contributed by atoms with Gasteiger partial charge in [0.05, 0.1) is 11.7 Å². The smallest absolute Gasteiger partial charge is 0.253 e. The van der Waals surface area contributed by atoms with Gasteiger partial charge in [-0.1, -0.05) is 5.21 Å². The van der Waals surface area contributed by atoms with E-state index in [1.165, 1.54) is 4.68 Å². The second kappa shape index (κ2) is 3.57. The molecule has 4 nitrogen and oxygen atoms in total. The quantitative estimate of drug-likeness (QED) is 0.702. The average Bonchev–Trinajstić information content (AvgIpc) is 2.35. The summed E-state index contributed by atoms with van der Waals surface area (Å²) in [7, 11) is 1.67. The van der Waals surface area contributed by atoms with Crippen LogP contribution < -0.4 is 5.73 Å². The van der Waals surface area contributed by atoms with E-state index in [2.05, 4.69) is 10.3 Å². The third-order valence-electron chi connectivity index (χ3n) is 1.42.